The zero-order chi connectivity index (χ0) is 31.0. The average Bonchev–Trinajstić information content (AvgIpc) is 3.76. The number of nitrogens with zero attached hydrogens (tertiary/aromatic N) is 4. The van der Waals surface area contributed by atoms with Gasteiger partial charge in [0.15, 0.2) is 5.58 Å². The van der Waals surface area contributed by atoms with Crippen molar-refractivity contribution >= 4 is 54.8 Å². The Morgan fingerprint density at radius 3 is 2.30 bits per heavy atom. The maximum Gasteiger partial charge on any atom is 0.163 e. The summed E-state index contributed by atoms with van der Waals surface area (Å²) >= 11 is 0. The fourth-order valence-electron chi connectivity index (χ4n) is 6.57. The standard InChI is InChI=1S/C40H30N4O2/c1-40(2,3)25-19-20-41-37(21-25)44-33-13-6-4-11-29(33)30-16-15-28(23-35(30)44)45-27-10-8-9-26(22-27)43-24-42-38-34(43)18-17-32-31-12-5-7-14-36(31)46-39(32)38/h4-24H,1-3H3. The van der Waals surface area contributed by atoms with Gasteiger partial charge in [0.1, 0.15) is 34.7 Å². The van der Waals surface area contributed by atoms with E-state index in [1.54, 1.807) is 0 Å². The van der Waals surface area contributed by atoms with E-state index in [9.17, 15) is 0 Å². The molecule has 9 aromatic rings. The van der Waals surface area contributed by atoms with Crippen LogP contribution < -0.4 is 4.74 Å². The second kappa shape index (κ2) is 9.81. The van der Waals surface area contributed by atoms with Gasteiger partial charge in [-0.2, -0.15) is 0 Å². The van der Waals surface area contributed by atoms with E-state index in [0.717, 1.165) is 72.4 Å². The minimum absolute atomic E-state index is 0.00830. The molecule has 0 N–H and O–H groups in total. The van der Waals surface area contributed by atoms with Crippen LogP contribution in [0.15, 0.2) is 132 Å². The number of fused-ring (bicyclic) bond motifs is 8. The summed E-state index contributed by atoms with van der Waals surface area (Å²) in [5, 5.41) is 4.50. The summed E-state index contributed by atoms with van der Waals surface area (Å²) in [6.07, 6.45) is 3.75. The molecule has 0 bridgehead atoms. The van der Waals surface area contributed by atoms with Crippen LogP contribution in [-0.4, -0.2) is 19.1 Å². The SMILES string of the molecule is CC(C)(C)c1ccnc(-n2c3ccccc3c3ccc(Oc4cccc(-n5cnc6c7oc8ccccc8c7ccc65)c4)cc32)c1. The van der Waals surface area contributed by atoms with Gasteiger partial charge in [0.05, 0.1) is 22.2 Å². The number of rotatable bonds is 4. The van der Waals surface area contributed by atoms with Gasteiger partial charge < -0.3 is 9.15 Å². The lowest BCUT2D eigenvalue weighted by Gasteiger charge is -2.20. The zero-order valence-corrected chi connectivity index (χ0v) is 25.7. The first kappa shape index (κ1) is 26.5. The van der Waals surface area contributed by atoms with Crippen molar-refractivity contribution in [2.45, 2.75) is 26.2 Å². The summed E-state index contributed by atoms with van der Waals surface area (Å²) in [7, 11) is 0. The molecule has 46 heavy (non-hydrogen) atoms. The van der Waals surface area contributed by atoms with Crippen molar-refractivity contribution in [1.29, 1.82) is 0 Å². The normalized spacial score (nSPS) is 12.2. The molecule has 0 unspecified atom stereocenters. The number of ether oxygens (including phenoxy) is 1. The van der Waals surface area contributed by atoms with E-state index in [4.69, 9.17) is 19.1 Å². The Morgan fingerprint density at radius 1 is 0.630 bits per heavy atom. The number of pyridine rings is 1. The molecule has 5 aromatic carbocycles. The predicted molar refractivity (Wildman–Crippen MR) is 186 cm³/mol. The quantitative estimate of drug-likeness (QED) is 0.202. The predicted octanol–water partition coefficient (Wildman–Crippen LogP) is 10.5. The van der Waals surface area contributed by atoms with Gasteiger partial charge in [-0.1, -0.05) is 63.2 Å². The van der Waals surface area contributed by atoms with Crippen LogP contribution in [0.25, 0.3) is 66.3 Å². The summed E-state index contributed by atoms with van der Waals surface area (Å²) in [4.78, 5) is 9.58. The van der Waals surface area contributed by atoms with Crippen molar-refractivity contribution in [2.75, 3.05) is 0 Å². The van der Waals surface area contributed by atoms with Crippen LogP contribution in [0.5, 0.6) is 11.5 Å². The van der Waals surface area contributed by atoms with Crippen LogP contribution in [0.4, 0.5) is 0 Å². The molecular weight excluding hydrogens is 568 g/mol. The minimum atomic E-state index is 0.00830. The lowest BCUT2D eigenvalue weighted by molar-refractivity contribution is 0.483. The third-order valence-corrected chi connectivity index (χ3v) is 8.88. The van der Waals surface area contributed by atoms with E-state index in [0.29, 0.717) is 0 Å². The fraction of sp³-hybridized carbons (Fsp3) is 0.100. The molecule has 9 rings (SSSR count). The summed E-state index contributed by atoms with van der Waals surface area (Å²) in [5.41, 5.74) is 7.83. The van der Waals surface area contributed by atoms with Crippen molar-refractivity contribution in [3.8, 4) is 23.0 Å². The molecule has 0 aliphatic heterocycles. The van der Waals surface area contributed by atoms with Gasteiger partial charge in [0.25, 0.3) is 0 Å². The summed E-state index contributed by atoms with van der Waals surface area (Å²) in [6.45, 7) is 6.68. The molecule has 0 aliphatic rings. The maximum atomic E-state index is 6.53. The third-order valence-electron chi connectivity index (χ3n) is 8.88. The summed E-state index contributed by atoms with van der Waals surface area (Å²) in [5.74, 6) is 2.38. The Bertz CT molecular complexity index is 2620. The minimum Gasteiger partial charge on any atom is -0.457 e. The summed E-state index contributed by atoms with van der Waals surface area (Å²) in [6, 6.07) is 39.5. The largest absolute Gasteiger partial charge is 0.457 e. The highest BCUT2D eigenvalue weighted by molar-refractivity contribution is 6.13. The molecule has 6 nitrogen and oxygen atoms in total. The van der Waals surface area contributed by atoms with Crippen molar-refractivity contribution in [3.63, 3.8) is 0 Å². The van der Waals surface area contributed by atoms with E-state index in [2.05, 4.69) is 103 Å². The second-order valence-electron chi connectivity index (χ2n) is 12.8. The fourth-order valence-corrected chi connectivity index (χ4v) is 6.57. The molecule has 4 heterocycles. The van der Waals surface area contributed by atoms with Gasteiger partial charge in [-0.25, -0.2) is 9.97 Å². The Kier molecular flexibility index (Phi) is 5.66. The van der Waals surface area contributed by atoms with E-state index in [-0.39, 0.29) is 5.41 Å². The van der Waals surface area contributed by atoms with Crippen LogP contribution in [0.3, 0.4) is 0 Å². The van der Waals surface area contributed by atoms with Crippen molar-refractivity contribution < 1.29 is 9.15 Å². The molecule has 0 fully saturated rings. The van der Waals surface area contributed by atoms with Gasteiger partial charge >= 0.3 is 0 Å². The number of benzene rings is 5. The summed E-state index contributed by atoms with van der Waals surface area (Å²) < 4.78 is 17.1. The molecular formula is C40H30N4O2. The highest BCUT2D eigenvalue weighted by Crippen LogP contribution is 2.37. The van der Waals surface area contributed by atoms with Crippen LogP contribution in [0.2, 0.25) is 0 Å². The van der Waals surface area contributed by atoms with Crippen molar-refractivity contribution in [1.82, 2.24) is 19.1 Å². The van der Waals surface area contributed by atoms with Crippen molar-refractivity contribution in [3.05, 3.63) is 133 Å². The van der Waals surface area contributed by atoms with E-state index >= 15 is 0 Å². The van der Waals surface area contributed by atoms with Crippen LogP contribution in [0.1, 0.15) is 26.3 Å². The molecule has 0 spiro atoms. The van der Waals surface area contributed by atoms with Gasteiger partial charge in [-0.15, -0.1) is 0 Å². The Balaban J connectivity index is 1.12. The second-order valence-corrected chi connectivity index (χ2v) is 12.8. The first-order chi connectivity index (χ1) is 22.4. The first-order valence-corrected chi connectivity index (χ1v) is 15.5. The monoisotopic (exact) mass is 598 g/mol. The van der Waals surface area contributed by atoms with Gasteiger partial charge in [-0.3, -0.25) is 9.13 Å². The molecule has 222 valence electrons. The average molecular weight is 599 g/mol. The highest BCUT2D eigenvalue weighted by Gasteiger charge is 2.19. The highest BCUT2D eigenvalue weighted by atomic mass is 16.5. The third kappa shape index (κ3) is 4.10. The first-order valence-electron chi connectivity index (χ1n) is 15.5. The van der Waals surface area contributed by atoms with Crippen LogP contribution in [0, 0.1) is 0 Å². The molecule has 0 saturated carbocycles. The van der Waals surface area contributed by atoms with Crippen molar-refractivity contribution in [2.24, 2.45) is 0 Å². The topological polar surface area (TPSA) is 58.0 Å². The number of imidazole rings is 1. The number of aromatic nitrogens is 4. The number of furan rings is 1. The Hall–Kier alpha value is -5.88. The van der Waals surface area contributed by atoms with Gasteiger partial charge in [0, 0.05) is 39.9 Å². The van der Waals surface area contributed by atoms with Gasteiger partial charge in [0.2, 0.25) is 0 Å². The lowest BCUT2D eigenvalue weighted by Crippen LogP contribution is -2.12. The molecule has 4 aromatic heterocycles. The molecule has 0 saturated heterocycles. The lowest BCUT2D eigenvalue weighted by atomic mass is 9.88. The van der Waals surface area contributed by atoms with E-state index in [1.165, 1.54) is 10.9 Å². The number of hydrogen-bond acceptors (Lipinski definition) is 4. The number of para-hydroxylation sites is 2. The Labute approximate surface area is 265 Å². The molecule has 0 radical (unpaired) electrons. The van der Waals surface area contributed by atoms with Crippen LogP contribution >= 0.6 is 0 Å². The number of hydrogen-bond donors (Lipinski definition) is 0. The molecule has 0 amide bonds. The van der Waals surface area contributed by atoms with E-state index in [1.807, 2.05) is 55.0 Å². The molecule has 0 atom stereocenters. The molecule has 0 aliphatic carbocycles. The zero-order valence-electron chi connectivity index (χ0n) is 25.7. The van der Waals surface area contributed by atoms with Gasteiger partial charge in [-0.05, 0) is 71.6 Å². The maximum absolute atomic E-state index is 6.53. The molecule has 6 heteroatoms. The van der Waals surface area contributed by atoms with E-state index < -0.39 is 0 Å². The van der Waals surface area contributed by atoms with Crippen LogP contribution in [-0.2, 0) is 5.41 Å². The smallest absolute Gasteiger partial charge is 0.163 e. The Morgan fingerprint density at radius 2 is 1.41 bits per heavy atom.